The molecule has 0 aliphatic rings. The van der Waals surface area contributed by atoms with Crippen molar-refractivity contribution in [2.24, 2.45) is 14.1 Å². The summed E-state index contributed by atoms with van der Waals surface area (Å²) in [6, 6.07) is 13.0. The minimum Gasteiger partial charge on any atom is -0.347 e. The molecule has 25 heavy (non-hydrogen) atoms. The molecular weight excluding hydrogens is 318 g/mol. The van der Waals surface area contributed by atoms with E-state index in [-0.39, 0.29) is 11.6 Å². The Balaban J connectivity index is 1.60. The number of hydrogen-bond acceptors (Lipinski definition) is 3. The average Bonchev–Trinajstić information content (AvgIpc) is 3.19. The van der Waals surface area contributed by atoms with E-state index in [1.165, 1.54) is 0 Å². The van der Waals surface area contributed by atoms with Crippen molar-refractivity contribution < 1.29 is 4.79 Å². The van der Waals surface area contributed by atoms with Crippen LogP contribution in [-0.4, -0.2) is 24.7 Å². The maximum atomic E-state index is 12.5. The number of rotatable bonds is 3. The van der Waals surface area contributed by atoms with E-state index in [4.69, 9.17) is 0 Å². The molecule has 7 nitrogen and oxygen atoms in total. The topological polar surface area (TPSA) is 73.3 Å². The summed E-state index contributed by atoms with van der Waals surface area (Å²) in [4.78, 5) is 24.5. The van der Waals surface area contributed by atoms with Crippen LogP contribution >= 0.6 is 0 Å². The molecule has 0 unspecified atom stereocenters. The average molecular weight is 335 g/mol. The predicted octanol–water partition coefficient (Wildman–Crippen LogP) is 1.45. The van der Waals surface area contributed by atoms with E-state index in [1.807, 2.05) is 36.4 Å². The molecular formula is C18H17N5O2. The van der Waals surface area contributed by atoms with E-state index in [0.29, 0.717) is 12.2 Å². The smallest absolute Gasteiger partial charge is 0.328 e. The zero-order chi connectivity index (χ0) is 17.6. The van der Waals surface area contributed by atoms with Crippen molar-refractivity contribution in [2.45, 2.75) is 6.54 Å². The Morgan fingerprint density at radius 1 is 1.08 bits per heavy atom. The van der Waals surface area contributed by atoms with Crippen LogP contribution in [-0.2, 0) is 20.6 Å². The molecule has 7 heteroatoms. The van der Waals surface area contributed by atoms with Gasteiger partial charge >= 0.3 is 5.69 Å². The zero-order valence-corrected chi connectivity index (χ0v) is 13.9. The van der Waals surface area contributed by atoms with Gasteiger partial charge in [-0.3, -0.25) is 13.9 Å². The van der Waals surface area contributed by atoms with E-state index in [9.17, 15) is 9.59 Å². The highest BCUT2D eigenvalue weighted by Crippen LogP contribution is 2.14. The van der Waals surface area contributed by atoms with Crippen LogP contribution in [0.3, 0.4) is 0 Å². The van der Waals surface area contributed by atoms with Crippen LogP contribution in [0.15, 0.2) is 53.5 Å². The number of benzene rings is 1. The van der Waals surface area contributed by atoms with Gasteiger partial charge in [0.1, 0.15) is 5.69 Å². The lowest BCUT2D eigenvalue weighted by Gasteiger charge is -2.07. The third-order valence-electron chi connectivity index (χ3n) is 4.44. The summed E-state index contributed by atoms with van der Waals surface area (Å²) in [5.74, 6) is -0.198. The van der Waals surface area contributed by atoms with Crippen LogP contribution in [0.2, 0.25) is 0 Å². The lowest BCUT2D eigenvalue weighted by atomic mass is 10.2. The second-order valence-corrected chi connectivity index (χ2v) is 5.99. The highest BCUT2D eigenvalue weighted by atomic mass is 16.2. The molecule has 4 aromatic rings. The lowest BCUT2D eigenvalue weighted by molar-refractivity contribution is 0.0943. The predicted molar refractivity (Wildman–Crippen MR) is 94.5 cm³/mol. The highest BCUT2D eigenvalue weighted by molar-refractivity contribution is 5.93. The summed E-state index contributed by atoms with van der Waals surface area (Å²) in [7, 11) is 3.49. The molecule has 0 fully saturated rings. The Morgan fingerprint density at radius 3 is 2.72 bits per heavy atom. The summed E-state index contributed by atoms with van der Waals surface area (Å²) < 4.78 is 4.82. The van der Waals surface area contributed by atoms with E-state index in [2.05, 4.69) is 10.4 Å². The van der Waals surface area contributed by atoms with Gasteiger partial charge in [0, 0.05) is 20.6 Å². The number of aryl methyl sites for hydroxylation is 2. The third kappa shape index (κ3) is 2.40. The van der Waals surface area contributed by atoms with Crippen molar-refractivity contribution in [2.75, 3.05) is 0 Å². The molecule has 0 saturated heterocycles. The standard InChI is InChI=1S/C18H17N5O2/c1-21-14-7-6-12(10-16(14)22(2)18(21)25)11-19-17(24)15-5-3-4-13-8-9-20-23(13)15/h3-10H,11H2,1-2H3,(H,19,24). The Morgan fingerprint density at radius 2 is 1.88 bits per heavy atom. The van der Waals surface area contributed by atoms with Crippen LogP contribution < -0.4 is 11.0 Å². The number of fused-ring (bicyclic) bond motifs is 2. The van der Waals surface area contributed by atoms with E-state index in [1.54, 1.807) is 40.0 Å². The molecule has 3 heterocycles. The number of nitrogens with one attached hydrogen (secondary N) is 1. The summed E-state index contributed by atoms with van der Waals surface area (Å²) in [6.45, 7) is 0.371. The van der Waals surface area contributed by atoms with Crippen LogP contribution in [0, 0.1) is 0 Å². The van der Waals surface area contributed by atoms with Gasteiger partial charge in [-0.1, -0.05) is 12.1 Å². The van der Waals surface area contributed by atoms with Gasteiger partial charge in [-0.15, -0.1) is 0 Å². The van der Waals surface area contributed by atoms with Gasteiger partial charge in [0.2, 0.25) is 0 Å². The van der Waals surface area contributed by atoms with E-state index >= 15 is 0 Å². The molecule has 4 rings (SSSR count). The van der Waals surface area contributed by atoms with Crippen molar-refractivity contribution in [3.05, 3.63) is 70.4 Å². The number of nitrogens with zero attached hydrogens (tertiary/aromatic N) is 4. The fraction of sp³-hybridized carbons (Fsp3) is 0.167. The van der Waals surface area contributed by atoms with Crippen LogP contribution in [0.4, 0.5) is 0 Å². The van der Waals surface area contributed by atoms with Crippen molar-refractivity contribution in [1.82, 2.24) is 24.1 Å². The zero-order valence-electron chi connectivity index (χ0n) is 13.9. The van der Waals surface area contributed by atoms with Gasteiger partial charge in [0.25, 0.3) is 5.91 Å². The largest absolute Gasteiger partial charge is 0.347 e. The first kappa shape index (κ1) is 15.2. The molecule has 3 aromatic heterocycles. The van der Waals surface area contributed by atoms with E-state index in [0.717, 1.165) is 22.1 Å². The second kappa shape index (κ2) is 5.62. The Kier molecular flexibility index (Phi) is 3.42. The number of carbonyl (C=O) groups excluding carboxylic acids is 1. The minimum absolute atomic E-state index is 0.0680. The molecule has 126 valence electrons. The van der Waals surface area contributed by atoms with Crippen LogP contribution in [0.25, 0.3) is 16.6 Å². The van der Waals surface area contributed by atoms with Gasteiger partial charge in [0.15, 0.2) is 0 Å². The first-order valence-corrected chi connectivity index (χ1v) is 7.91. The maximum Gasteiger partial charge on any atom is 0.328 e. The van der Waals surface area contributed by atoms with Gasteiger partial charge in [-0.25, -0.2) is 9.31 Å². The first-order valence-electron chi connectivity index (χ1n) is 7.91. The Bertz CT molecular complexity index is 1170. The second-order valence-electron chi connectivity index (χ2n) is 5.99. The SMILES string of the molecule is Cn1c(=O)n(C)c2cc(CNC(=O)c3cccc4ccnn34)ccc21. The molecule has 0 atom stereocenters. The number of pyridine rings is 1. The van der Waals surface area contributed by atoms with E-state index < -0.39 is 0 Å². The van der Waals surface area contributed by atoms with Crippen molar-refractivity contribution in [3.8, 4) is 0 Å². The van der Waals surface area contributed by atoms with Gasteiger partial charge in [-0.05, 0) is 35.9 Å². The lowest BCUT2D eigenvalue weighted by Crippen LogP contribution is -2.25. The molecule has 1 amide bonds. The van der Waals surface area contributed by atoms with Crippen LogP contribution in [0.5, 0.6) is 0 Å². The summed E-state index contributed by atoms with van der Waals surface area (Å²) in [6.07, 6.45) is 1.66. The Hall–Kier alpha value is -3.35. The van der Waals surface area contributed by atoms with Gasteiger partial charge in [0.05, 0.1) is 22.7 Å². The maximum absolute atomic E-state index is 12.5. The third-order valence-corrected chi connectivity index (χ3v) is 4.44. The highest BCUT2D eigenvalue weighted by Gasteiger charge is 2.12. The molecule has 1 N–H and O–H groups in total. The molecule has 0 aliphatic heterocycles. The van der Waals surface area contributed by atoms with Crippen molar-refractivity contribution in [1.29, 1.82) is 0 Å². The van der Waals surface area contributed by atoms with Crippen molar-refractivity contribution in [3.63, 3.8) is 0 Å². The number of imidazole rings is 1. The molecule has 0 saturated carbocycles. The molecule has 1 aromatic carbocycles. The molecule has 0 aliphatic carbocycles. The summed E-state index contributed by atoms with van der Waals surface area (Å²) in [5, 5.41) is 7.08. The normalized spacial score (nSPS) is 11.3. The van der Waals surface area contributed by atoms with Crippen LogP contribution in [0.1, 0.15) is 16.1 Å². The molecule has 0 bridgehead atoms. The first-order chi connectivity index (χ1) is 12.1. The Labute approximate surface area is 143 Å². The number of amides is 1. The monoisotopic (exact) mass is 335 g/mol. The number of hydrogen-bond donors (Lipinski definition) is 1. The minimum atomic E-state index is -0.198. The van der Waals surface area contributed by atoms with Crippen molar-refractivity contribution >= 4 is 22.5 Å². The van der Waals surface area contributed by atoms with Gasteiger partial charge in [-0.2, -0.15) is 5.10 Å². The van der Waals surface area contributed by atoms with Gasteiger partial charge < -0.3 is 5.32 Å². The fourth-order valence-electron chi connectivity index (χ4n) is 3.06. The molecule has 0 radical (unpaired) electrons. The quantitative estimate of drug-likeness (QED) is 0.616. The number of carbonyl (C=O) groups is 1. The summed E-state index contributed by atoms with van der Waals surface area (Å²) in [5.41, 5.74) is 3.91. The number of aromatic nitrogens is 4. The summed E-state index contributed by atoms with van der Waals surface area (Å²) >= 11 is 0. The molecule has 0 spiro atoms. The fourth-order valence-corrected chi connectivity index (χ4v) is 3.06.